The number of nitrogens with zero attached hydrogens (tertiary/aromatic N) is 2. The zero-order chi connectivity index (χ0) is 18.9. The fraction of sp³-hybridized carbons (Fsp3) is 0.278. The second-order valence-corrected chi connectivity index (χ2v) is 6.11. The summed E-state index contributed by atoms with van der Waals surface area (Å²) < 4.78 is 11.9. The van der Waals surface area contributed by atoms with Gasteiger partial charge in [0.05, 0.1) is 19.8 Å². The van der Waals surface area contributed by atoms with Crippen LogP contribution in [0.1, 0.15) is 6.92 Å². The van der Waals surface area contributed by atoms with E-state index in [1.807, 2.05) is 36.4 Å². The normalized spacial score (nSPS) is 12.4. The van der Waals surface area contributed by atoms with Gasteiger partial charge >= 0.3 is 5.97 Å². The Hall–Kier alpha value is -2.89. The SMILES string of the molecule is CCOC(=O)/C(C#N)=c1\s/c(=C/Nc2ccccc2)c(=O)n1CCOC. The first-order valence-corrected chi connectivity index (χ1v) is 8.75. The van der Waals surface area contributed by atoms with Crippen molar-refractivity contribution in [1.82, 2.24) is 4.57 Å². The highest BCUT2D eigenvalue weighted by atomic mass is 32.1. The minimum Gasteiger partial charge on any atom is -0.462 e. The molecule has 1 aromatic heterocycles. The van der Waals surface area contributed by atoms with Crippen LogP contribution in [0.4, 0.5) is 5.69 Å². The Kier molecular flexibility index (Phi) is 7.14. The number of esters is 1. The predicted octanol–water partition coefficient (Wildman–Crippen LogP) is 0.644. The first-order valence-electron chi connectivity index (χ1n) is 7.94. The summed E-state index contributed by atoms with van der Waals surface area (Å²) in [5.41, 5.74) is 0.326. The van der Waals surface area contributed by atoms with Crippen LogP contribution in [0.15, 0.2) is 35.1 Å². The van der Waals surface area contributed by atoms with E-state index in [2.05, 4.69) is 5.32 Å². The molecule has 0 aliphatic carbocycles. The molecule has 2 rings (SSSR count). The van der Waals surface area contributed by atoms with E-state index < -0.39 is 5.97 Å². The van der Waals surface area contributed by atoms with E-state index in [9.17, 15) is 14.9 Å². The van der Waals surface area contributed by atoms with Gasteiger partial charge in [-0.25, -0.2) is 4.79 Å². The van der Waals surface area contributed by atoms with E-state index in [-0.39, 0.29) is 35.6 Å². The molecule has 0 fully saturated rings. The third kappa shape index (κ3) is 4.59. The molecule has 0 unspecified atom stereocenters. The Morgan fingerprint density at radius 2 is 2.12 bits per heavy atom. The largest absolute Gasteiger partial charge is 0.462 e. The number of hydrogen-bond acceptors (Lipinski definition) is 7. The number of para-hydroxylation sites is 1. The minimum atomic E-state index is -0.745. The molecular weight excluding hydrogens is 354 g/mol. The summed E-state index contributed by atoms with van der Waals surface area (Å²) in [6.45, 7) is 2.30. The second kappa shape index (κ2) is 9.56. The molecule has 0 saturated carbocycles. The Balaban J connectivity index is 2.59. The predicted molar refractivity (Wildman–Crippen MR) is 99.9 cm³/mol. The number of methoxy groups -OCH3 is 1. The van der Waals surface area contributed by atoms with Crippen molar-refractivity contribution in [3.8, 4) is 6.07 Å². The number of thiazole rings is 1. The van der Waals surface area contributed by atoms with Gasteiger partial charge in [0, 0.05) is 19.0 Å². The molecule has 1 heterocycles. The highest BCUT2D eigenvalue weighted by molar-refractivity contribution is 7.07. The molecule has 0 amide bonds. The molecule has 0 bridgehead atoms. The smallest absolute Gasteiger partial charge is 0.351 e. The van der Waals surface area contributed by atoms with Gasteiger partial charge < -0.3 is 14.8 Å². The van der Waals surface area contributed by atoms with Crippen molar-refractivity contribution in [1.29, 1.82) is 5.26 Å². The Bertz CT molecular complexity index is 971. The average Bonchev–Trinajstić information content (AvgIpc) is 2.95. The van der Waals surface area contributed by atoms with Gasteiger partial charge in [-0.2, -0.15) is 5.26 Å². The lowest BCUT2D eigenvalue weighted by Gasteiger charge is -2.03. The zero-order valence-corrected chi connectivity index (χ0v) is 15.3. The highest BCUT2D eigenvalue weighted by Gasteiger charge is 2.16. The van der Waals surface area contributed by atoms with Gasteiger partial charge in [-0.05, 0) is 19.1 Å². The standard InChI is InChI=1S/C18H19N3O4S/c1-3-25-18(23)14(11-19)17-21(9-10-24-2)16(22)15(26-17)12-20-13-7-5-4-6-8-13/h4-8,12,20H,3,9-10H2,1-2H3/b15-12+,17-14-. The van der Waals surface area contributed by atoms with Crippen LogP contribution in [0.2, 0.25) is 0 Å². The van der Waals surface area contributed by atoms with E-state index in [1.165, 1.54) is 11.7 Å². The molecule has 0 aliphatic rings. The van der Waals surface area contributed by atoms with Gasteiger partial charge in [-0.3, -0.25) is 9.36 Å². The number of aromatic nitrogens is 1. The average molecular weight is 373 g/mol. The van der Waals surface area contributed by atoms with Gasteiger partial charge in [-0.1, -0.05) is 18.2 Å². The summed E-state index contributed by atoms with van der Waals surface area (Å²) in [5.74, 6) is -0.745. The maximum absolute atomic E-state index is 12.7. The van der Waals surface area contributed by atoms with Crippen molar-refractivity contribution < 1.29 is 14.3 Å². The van der Waals surface area contributed by atoms with Crippen LogP contribution in [0.5, 0.6) is 0 Å². The summed E-state index contributed by atoms with van der Waals surface area (Å²) in [7, 11) is 1.52. The van der Waals surface area contributed by atoms with Crippen molar-refractivity contribution in [2.45, 2.75) is 13.5 Å². The monoisotopic (exact) mass is 373 g/mol. The quantitative estimate of drug-likeness (QED) is 0.716. The summed E-state index contributed by atoms with van der Waals surface area (Å²) >= 11 is 1.06. The summed E-state index contributed by atoms with van der Waals surface area (Å²) in [6.07, 6.45) is 1.56. The van der Waals surface area contributed by atoms with Crippen LogP contribution in [-0.4, -0.2) is 30.9 Å². The maximum Gasteiger partial charge on any atom is 0.351 e. The molecule has 136 valence electrons. The molecule has 0 atom stereocenters. The van der Waals surface area contributed by atoms with E-state index in [0.717, 1.165) is 17.0 Å². The van der Waals surface area contributed by atoms with Gasteiger partial charge in [0.15, 0.2) is 5.57 Å². The van der Waals surface area contributed by atoms with Crippen molar-refractivity contribution in [2.75, 3.05) is 25.6 Å². The molecular formula is C18H19N3O4S. The summed E-state index contributed by atoms with van der Waals surface area (Å²) in [4.78, 5) is 24.7. The number of nitriles is 1. The number of ether oxygens (including phenoxy) is 2. The van der Waals surface area contributed by atoms with Gasteiger partial charge in [-0.15, -0.1) is 11.3 Å². The molecule has 1 aromatic carbocycles. The van der Waals surface area contributed by atoms with Crippen LogP contribution < -0.4 is 20.1 Å². The number of carbonyl (C=O) groups is 1. The molecule has 0 aliphatic heterocycles. The number of nitrogens with one attached hydrogen (secondary N) is 1. The molecule has 0 radical (unpaired) electrons. The van der Waals surface area contributed by atoms with Gasteiger partial charge in [0.1, 0.15) is 15.3 Å². The minimum absolute atomic E-state index is 0.145. The zero-order valence-electron chi connectivity index (χ0n) is 14.5. The number of carbonyl (C=O) groups excluding carboxylic acids is 1. The molecule has 0 saturated heterocycles. The first-order chi connectivity index (χ1) is 12.6. The Labute approximate surface area is 154 Å². The molecule has 1 N–H and O–H groups in total. The summed E-state index contributed by atoms with van der Waals surface area (Å²) in [6, 6.07) is 11.2. The van der Waals surface area contributed by atoms with Crippen LogP contribution in [-0.2, 0) is 20.8 Å². The third-order valence-electron chi connectivity index (χ3n) is 3.38. The summed E-state index contributed by atoms with van der Waals surface area (Å²) in [5, 5.41) is 12.4. The number of hydrogen-bond donors (Lipinski definition) is 1. The molecule has 0 spiro atoms. The van der Waals surface area contributed by atoms with Crippen molar-refractivity contribution in [2.24, 2.45) is 0 Å². The lowest BCUT2D eigenvalue weighted by atomic mass is 10.3. The maximum atomic E-state index is 12.7. The topological polar surface area (TPSA) is 93.4 Å². The lowest BCUT2D eigenvalue weighted by Crippen LogP contribution is -2.34. The molecule has 26 heavy (non-hydrogen) atoms. The van der Waals surface area contributed by atoms with E-state index in [1.54, 1.807) is 13.1 Å². The lowest BCUT2D eigenvalue weighted by molar-refractivity contribution is -0.136. The van der Waals surface area contributed by atoms with Crippen molar-refractivity contribution in [3.63, 3.8) is 0 Å². The van der Waals surface area contributed by atoms with Crippen LogP contribution in [0.3, 0.4) is 0 Å². The van der Waals surface area contributed by atoms with Crippen molar-refractivity contribution in [3.05, 3.63) is 49.9 Å². The van der Waals surface area contributed by atoms with Gasteiger partial charge in [0.25, 0.3) is 5.56 Å². The molecule has 8 heteroatoms. The number of anilines is 1. The van der Waals surface area contributed by atoms with Crippen LogP contribution in [0, 0.1) is 11.3 Å². The first kappa shape index (κ1) is 19.4. The molecule has 7 nitrogen and oxygen atoms in total. The van der Waals surface area contributed by atoms with Crippen molar-refractivity contribution >= 4 is 34.8 Å². The third-order valence-corrected chi connectivity index (χ3v) is 4.51. The molecule has 2 aromatic rings. The fourth-order valence-corrected chi connectivity index (χ4v) is 3.20. The van der Waals surface area contributed by atoms with E-state index in [0.29, 0.717) is 4.53 Å². The van der Waals surface area contributed by atoms with Crippen LogP contribution >= 0.6 is 11.3 Å². The number of benzene rings is 1. The van der Waals surface area contributed by atoms with E-state index >= 15 is 0 Å². The highest BCUT2D eigenvalue weighted by Crippen LogP contribution is 2.04. The van der Waals surface area contributed by atoms with Crippen LogP contribution in [0.25, 0.3) is 11.8 Å². The fourth-order valence-electron chi connectivity index (χ4n) is 2.16. The Morgan fingerprint density at radius 3 is 2.73 bits per heavy atom. The van der Waals surface area contributed by atoms with E-state index in [4.69, 9.17) is 9.47 Å². The second-order valence-electron chi connectivity index (χ2n) is 5.08. The van der Waals surface area contributed by atoms with Gasteiger partial charge in [0.2, 0.25) is 0 Å². The number of rotatable bonds is 7. The Morgan fingerprint density at radius 1 is 1.38 bits per heavy atom.